The maximum atomic E-state index is 13.8. The first kappa shape index (κ1) is 27.2. The van der Waals surface area contributed by atoms with Gasteiger partial charge in [-0.05, 0) is 62.5 Å². The van der Waals surface area contributed by atoms with Crippen molar-refractivity contribution >= 4 is 12.1 Å². The van der Waals surface area contributed by atoms with Crippen LogP contribution in [0.5, 0.6) is 5.88 Å². The van der Waals surface area contributed by atoms with Gasteiger partial charge in [-0.25, -0.2) is 14.7 Å². The Balaban J connectivity index is 1.16. The maximum Gasteiger partial charge on any atom is 0.422 e. The van der Waals surface area contributed by atoms with E-state index >= 15 is 0 Å². The van der Waals surface area contributed by atoms with E-state index in [0.717, 1.165) is 74.1 Å². The van der Waals surface area contributed by atoms with Gasteiger partial charge in [0.05, 0.1) is 12.6 Å². The lowest BCUT2D eigenvalue weighted by atomic mass is 9.81. The maximum absolute atomic E-state index is 13.8. The Kier molecular flexibility index (Phi) is 8.94. The lowest BCUT2D eigenvalue weighted by Crippen LogP contribution is -2.29. The summed E-state index contributed by atoms with van der Waals surface area (Å²) in [7, 11) is 1.49. The minimum Gasteiger partial charge on any atom is -0.468 e. The molecule has 1 fully saturated rings. The molecule has 4 rings (SSSR count). The first-order valence-corrected chi connectivity index (χ1v) is 12.8. The van der Waals surface area contributed by atoms with Crippen molar-refractivity contribution in [1.29, 1.82) is 0 Å². The number of halogens is 4. The second kappa shape index (κ2) is 12.1. The summed E-state index contributed by atoms with van der Waals surface area (Å²) in [5.74, 6) is 0.0520. The van der Waals surface area contributed by atoms with Crippen molar-refractivity contribution in [2.75, 3.05) is 26.2 Å². The van der Waals surface area contributed by atoms with Gasteiger partial charge in [-0.1, -0.05) is 6.07 Å². The molecule has 0 unspecified atom stereocenters. The molecule has 1 amide bonds. The van der Waals surface area contributed by atoms with Crippen molar-refractivity contribution < 1.29 is 27.1 Å². The van der Waals surface area contributed by atoms with Crippen LogP contribution < -0.4 is 4.74 Å². The van der Waals surface area contributed by atoms with Gasteiger partial charge >= 0.3 is 6.18 Å². The number of rotatable bonds is 8. The molecule has 11 heteroatoms. The Bertz CT molecular complexity index is 1090. The summed E-state index contributed by atoms with van der Waals surface area (Å²) >= 11 is 0. The van der Waals surface area contributed by atoms with Crippen molar-refractivity contribution in [3.05, 3.63) is 41.1 Å². The van der Waals surface area contributed by atoms with Crippen molar-refractivity contribution in [2.24, 2.45) is 23.9 Å². The molecular weight excluding hydrogens is 490 g/mol. The molecule has 0 atom stereocenters. The molecule has 1 aliphatic heterocycles. The fourth-order valence-electron chi connectivity index (χ4n) is 5.04. The summed E-state index contributed by atoms with van der Waals surface area (Å²) in [6.45, 7) is 1.37. The van der Waals surface area contributed by atoms with Crippen LogP contribution in [0.3, 0.4) is 0 Å². The summed E-state index contributed by atoms with van der Waals surface area (Å²) in [5, 5.41) is 3.80. The van der Waals surface area contributed by atoms with E-state index in [9.17, 15) is 22.4 Å². The number of amides is 1. The Morgan fingerprint density at radius 2 is 1.95 bits per heavy atom. The number of pyridine rings is 1. The second-order valence-electron chi connectivity index (χ2n) is 10.0. The highest BCUT2D eigenvalue weighted by atomic mass is 19.4. The van der Waals surface area contributed by atoms with E-state index in [1.807, 2.05) is 6.07 Å². The van der Waals surface area contributed by atoms with Crippen LogP contribution in [0.4, 0.5) is 17.6 Å². The van der Waals surface area contributed by atoms with Crippen molar-refractivity contribution in [3.8, 4) is 5.88 Å². The zero-order valence-electron chi connectivity index (χ0n) is 21.0. The molecule has 2 aromatic rings. The molecule has 3 heterocycles. The highest BCUT2D eigenvalue weighted by molar-refractivity contribution is 5.87. The highest BCUT2D eigenvalue weighted by Crippen LogP contribution is 2.30. The fourth-order valence-corrected chi connectivity index (χ4v) is 5.04. The molecule has 1 saturated carbocycles. The van der Waals surface area contributed by atoms with E-state index in [0.29, 0.717) is 12.3 Å². The predicted molar refractivity (Wildman–Crippen MR) is 130 cm³/mol. The molecule has 0 saturated heterocycles. The van der Waals surface area contributed by atoms with Crippen molar-refractivity contribution in [1.82, 2.24) is 19.7 Å². The number of carbonyl (C=O) groups is 1. The van der Waals surface area contributed by atoms with E-state index < -0.39 is 18.7 Å². The predicted octanol–water partition coefficient (Wildman–Crippen LogP) is 4.33. The number of carbonyl (C=O) groups excluding carboxylic acids is 1. The smallest absolute Gasteiger partial charge is 0.422 e. The molecular formula is C26H33F4N5O2. The largest absolute Gasteiger partial charge is 0.468 e. The van der Waals surface area contributed by atoms with Crippen LogP contribution in [0, 0.1) is 17.8 Å². The minimum atomic E-state index is -4.38. The van der Waals surface area contributed by atoms with Gasteiger partial charge < -0.3 is 9.64 Å². The van der Waals surface area contributed by atoms with Crippen LogP contribution in [0.15, 0.2) is 23.3 Å². The molecule has 202 valence electrons. The van der Waals surface area contributed by atoms with Crippen LogP contribution in [0.25, 0.3) is 0 Å². The molecule has 1 aliphatic carbocycles. The number of alkyl halides is 3. The first-order chi connectivity index (χ1) is 17.7. The first-order valence-electron chi connectivity index (χ1n) is 12.8. The average molecular weight is 524 g/mol. The van der Waals surface area contributed by atoms with Gasteiger partial charge in [-0.2, -0.15) is 22.7 Å². The standard InChI is InChI=1S/C26H33F4N5O2/c1-34-25(27)21(16-32-34)14-23(36)31-15-19-4-2-18(3-5-19)8-11-35-12-9-20-6-7-24(33-22(20)10-13-35)37-17-26(28,29)30/h6-7,15-16,18-19H,2-5,8-14,17H2,1H3. The van der Waals surface area contributed by atoms with Crippen LogP contribution in [0.2, 0.25) is 0 Å². The second-order valence-corrected chi connectivity index (χ2v) is 10.0. The Morgan fingerprint density at radius 1 is 1.19 bits per heavy atom. The third-order valence-electron chi connectivity index (χ3n) is 7.24. The number of hydrogen-bond acceptors (Lipinski definition) is 5. The third kappa shape index (κ3) is 8.08. The normalized spacial score (nSPS) is 21.1. The quantitative estimate of drug-likeness (QED) is 0.381. The molecule has 0 radical (unpaired) electrons. The van der Waals surface area contributed by atoms with Crippen LogP contribution in [-0.2, 0) is 31.1 Å². The molecule has 0 bridgehead atoms. The number of aliphatic imine (C=N–C) groups is 1. The summed E-state index contributed by atoms with van der Waals surface area (Å²) in [6, 6.07) is 3.35. The van der Waals surface area contributed by atoms with E-state index in [2.05, 4.69) is 20.0 Å². The molecule has 0 aromatic carbocycles. The molecule has 2 aromatic heterocycles. The SMILES string of the molecule is Cn1ncc(CC(=O)N=CC2CCC(CCN3CCc4ccc(OCC(F)(F)F)nc4CC3)CC2)c1F. The number of aryl methyl sites for hydroxylation is 1. The van der Waals surface area contributed by atoms with Gasteiger partial charge in [0.25, 0.3) is 0 Å². The van der Waals surface area contributed by atoms with E-state index in [-0.39, 0.29) is 29.7 Å². The monoisotopic (exact) mass is 523 g/mol. The summed E-state index contributed by atoms with van der Waals surface area (Å²) in [6.07, 6.45) is 5.37. The van der Waals surface area contributed by atoms with Crippen LogP contribution >= 0.6 is 0 Å². The number of ether oxygens (including phenoxy) is 1. The molecule has 0 N–H and O–H groups in total. The van der Waals surface area contributed by atoms with E-state index in [4.69, 9.17) is 4.74 Å². The highest BCUT2D eigenvalue weighted by Gasteiger charge is 2.29. The zero-order valence-corrected chi connectivity index (χ0v) is 21.0. The number of nitrogens with zero attached hydrogens (tertiary/aromatic N) is 5. The number of hydrogen-bond donors (Lipinski definition) is 0. The van der Waals surface area contributed by atoms with Gasteiger partial charge in [-0.3, -0.25) is 4.79 Å². The van der Waals surface area contributed by atoms with Gasteiger partial charge in [0.1, 0.15) is 0 Å². The summed E-state index contributed by atoms with van der Waals surface area (Å²) in [5.41, 5.74) is 2.15. The van der Waals surface area contributed by atoms with Crippen LogP contribution in [-0.4, -0.2) is 64.2 Å². The Labute approximate surface area is 213 Å². The Morgan fingerprint density at radius 3 is 2.65 bits per heavy atom. The average Bonchev–Trinajstić information content (AvgIpc) is 3.06. The summed E-state index contributed by atoms with van der Waals surface area (Å²) in [4.78, 5) is 22.9. The molecule has 37 heavy (non-hydrogen) atoms. The lowest BCUT2D eigenvalue weighted by molar-refractivity contribution is -0.154. The zero-order chi connectivity index (χ0) is 26.4. The van der Waals surface area contributed by atoms with Gasteiger partial charge in [0, 0.05) is 50.1 Å². The molecule has 0 spiro atoms. The van der Waals surface area contributed by atoms with Gasteiger partial charge in [0.15, 0.2) is 6.61 Å². The lowest BCUT2D eigenvalue weighted by Gasteiger charge is -2.28. The number of aromatic nitrogens is 3. The minimum absolute atomic E-state index is 0.0239. The molecule has 2 aliphatic rings. The van der Waals surface area contributed by atoms with E-state index in [1.165, 1.54) is 19.3 Å². The Hall–Kier alpha value is -2.82. The topological polar surface area (TPSA) is 72.6 Å². The van der Waals surface area contributed by atoms with Gasteiger partial charge in [0.2, 0.25) is 17.7 Å². The molecule has 7 nitrogen and oxygen atoms in total. The summed E-state index contributed by atoms with van der Waals surface area (Å²) < 4.78 is 57.0. The van der Waals surface area contributed by atoms with Crippen molar-refractivity contribution in [3.63, 3.8) is 0 Å². The number of fused-ring (bicyclic) bond motifs is 1. The van der Waals surface area contributed by atoms with Crippen LogP contribution in [0.1, 0.15) is 48.9 Å². The third-order valence-corrected chi connectivity index (χ3v) is 7.24. The van der Waals surface area contributed by atoms with E-state index in [1.54, 1.807) is 6.21 Å². The van der Waals surface area contributed by atoms with Crippen molar-refractivity contribution in [2.45, 2.75) is 57.5 Å². The van der Waals surface area contributed by atoms with Gasteiger partial charge in [-0.15, -0.1) is 0 Å². The fraction of sp³-hybridized carbons (Fsp3) is 0.615.